The lowest BCUT2D eigenvalue weighted by Crippen LogP contribution is -2.42. The average Bonchev–Trinajstić information content (AvgIpc) is 2.25. The molecule has 1 aromatic carbocycles. The van der Waals surface area contributed by atoms with Crippen LogP contribution in [0.3, 0.4) is 0 Å². The van der Waals surface area contributed by atoms with E-state index in [0.29, 0.717) is 17.1 Å². The highest BCUT2D eigenvalue weighted by Gasteiger charge is 2.20. The number of carbonyl (C=O) groups is 1. The molecule has 0 aliphatic carbocycles. The number of benzene rings is 1. The number of hydrogen-bond acceptors (Lipinski definition) is 2. The molecule has 0 saturated carbocycles. The molecule has 0 spiro atoms. The summed E-state index contributed by atoms with van der Waals surface area (Å²) in [4.78, 5) is 14.4. The molecule has 0 aliphatic rings. The van der Waals surface area contributed by atoms with Crippen LogP contribution in [0.4, 0.5) is 0 Å². The lowest BCUT2D eigenvalue weighted by molar-refractivity contribution is 0.0735. The zero-order chi connectivity index (χ0) is 13.0. The van der Waals surface area contributed by atoms with Crippen molar-refractivity contribution in [2.24, 2.45) is 5.73 Å². The van der Waals surface area contributed by atoms with Gasteiger partial charge in [0.25, 0.3) is 5.91 Å². The minimum absolute atomic E-state index is 0.0223. The summed E-state index contributed by atoms with van der Waals surface area (Å²) >= 11 is 4.88. The molecule has 0 unspecified atom stereocenters. The first-order valence-corrected chi connectivity index (χ1v) is 5.99. The molecule has 0 aliphatic heterocycles. The van der Waals surface area contributed by atoms with E-state index in [1.54, 1.807) is 4.90 Å². The van der Waals surface area contributed by atoms with Gasteiger partial charge in [-0.15, -0.1) is 0 Å². The quantitative estimate of drug-likeness (QED) is 0.833. The number of nitrogens with two attached hydrogens (primary N) is 1. The molecule has 0 atom stereocenters. The number of thiocarbonyl (C=S) groups is 1. The highest BCUT2D eigenvalue weighted by atomic mass is 32.1. The van der Waals surface area contributed by atoms with Crippen LogP contribution in [-0.4, -0.2) is 28.4 Å². The summed E-state index contributed by atoms with van der Waals surface area (Å²) < 4.78 is 0. The lowest BCUT2D eigenvalue weighted by atomic mass is 10.1. The first-order chi connectivity index (χ1) is 7.93. The summed E-state index contributed by atoms with van der Waals surface area (Å²) in [5, 5.41) is 0. The van der Waals surface area contributed by atoms with E-state index in [1.165, 1.54) is 0 Å². The highest BCUT2D eigenvalue weighted by molar-refractivity contribution is 7.80. The van der Waals surface area contributed by atoms with Gasteiger partial charge in [-0.3, -0.25) is 4.79 Å². The normalized spacial score (nSPS) is 10.4. The molecular weight excluding hydrogens is 232 g/mol. The maximum Gasteiger partial charge on any atom is 0.254 e. The van der Waals surface area contributed by atoms with Crippen molar-refractivity contribution < 1.29 is 4.79 Å². The molecule has 0 bridgehead atoms. The third-order valence-corrected chi connectivity index (χ3v) is 2.71. The first-order valence-electron chi connectivity index (χ1n) is 5.58. The van der Waals surface area contributed by atoms with Crippen LogP contribution < -0.4 is 5.73 Å². The number of amides is 1. The number of aryl methyl sites for hydroxylation is 1. The van der Waals surface area contributed by atoms with Gasteiger partial charge in [0.2, 0.25) is 0 Å². The molecule has 92 valence electrons. The van der Waals surface area contributed by atoms with Crippen molar-refractivity contribution in [3.05, 3.63) is 35.4 Å². The van der Waals surface area contributed by atoms with Gasteiger partial charge in [0.1, 0.15) is 0 Å². The van der Waals surface area contributed by atoms with Gasteiger partial charge in [-0.1, -0.05) is 30.4 Å². The molecular formula is C13H18N2OS. The Morgan fingerprint density at radius 2 is 2.00 bits per heavy atom. The Balaban J connectivity index is 3.00. The SMILES string of the molecule is Cc1ccccc1C(=O)N(CC(N)=S)C(C)C. The zero-order valence-corrected chi connectivity index (χ0v) is 11.3. The summed E-state index contributed by atoms with van der Waals surface area (Å²) in [6, 6.07) is 7.60. The number of nitrogens with zero attached hydrogens (tertiary/aromatic N) is 1. The van der Waals surface area contributed by atoms with Crippen LogP contribution in [0.15, 0.2) is 24.3 Å². The highest BCUT2D eigenvalue weighted by Crippen LogP contribution is 2.12. The van der Waals surface area contributed by atoms with Crippen LogP contribution in [-0.2, 0) is 0 Å². The van der Waals surface area contributed by atoms with Gasteiger partial charge in [0.15, 0.2) is 0 Å². The Morgan fingerprint density at radius 3 is 2.47 bits per heavy atom. The van der Waals surface area contributed by atoms with Crippen LogP contribution in [0, 0.1) is 6.92 Å². The van der Waals surface area contributed by atoms with Gasteiger partial charge in [-0.2, -0.15) is 0 Å². The third-order valence-electron chi connectivity index (χ3n) is 2.59. The zero-order valence-electron chi connectivity index (χ0n) is 10.4. The van der Waals surface area contributed by atoms with Gasteiger partial charge < -0.3 is 10.6 Å². The molecule has 0 saturated heterocycles. The van der Waals surface area contributed by atoms with E-state index in [0.717, 1.165) is 5.56 Å². The van der Waals surface area contributed by atoms with Gasteiger partial charge in [0.05, 0.1) is 11.5 Å². The number of carbonyl (C=O) groups excluding carboxylic acids is 1. The van der Waals surface area contributed by atoms with E-state index < -0.39 is 0 Å². The van der Waals surface area contributed by atoms with Gasteiger partial charge in [-0.05, 0) is 32.4 Å². The largest absolute Gasteiger partial charge is 0.392 e. The smallest absolute Gasteiger partial charge is 0.254 e. The Kier molecular flexibility index (Phi) is 4.63. The molecule has 0 heterocycles. The summed E-state index contributed by atoms with van der Waals surface area (Å²) in [6.07, 6.45) is 0. The molecule has 4 heteroatoms. The Morgan fingerprint density at radius 1 is 1.41 bits per heavy atom. The van der Waals surface area contributed by atoms with E-state index in [4.69, 9.17) is 18.0 Å². The van der Waals surface area contributed by atoms with Gasteiger partial charge in [-0.25, -0.2) is 0 Å². The predicted molar refractivity (Wildman–Crippen MR) is 74.1 cm³/mol. The van der Waals surface area contributed by atoms with Crippen LogP contribution in [0.2, 0.25) is 0 Å². The standard InChI is InChI=1S/C13H18N2OS/c1-9(2)15(8-12(14)17)13(16)11-7-5-4-6-10(11)3/h4-7,9H,8H2,1-3H3,(H2,14,17). The van der Waals surface area contributed by atoms with Crippen molar-refractivity contribution in [1.82, 2.24) is 4.90 Å². The van der Waals surface area contributed by atoms with Crippen LogP contribution in [0.5, 0.6) is 0 Å². The average molecular weight is 250 g/mol. The second kappa shape index (κ2) is 5.77. The minimum atomic E-state index is -0.0223. The van der Waals surface area contributed by atoms with E-state index in [1.807, 2.05) is 45.0 Å². The molecule has 1 rings (SSSR count). The summed E-state index contributed by atoms with van der Waals surface area (Å²) in [5.74, 6) is -0.0223. The van der Waals surface area contributed by atoms with Crippen LogP contribution in [0.1, 0.15) is 29.8 Å². The molecule has 17 heavy (non-hydrogen) atoms. The van der Waals surface area contributed by atoms with Gasteiger partial charge in [0, 0.05) is 11.6 Å². The lowest BCUT2D eigenvalue weighted by Gasteiger charge is -2.26. The minimum Gasteiger partial charge on any atom is -0.392 e. The number of hydrogen-bond donors (Lipinski definition) is 1. The molecule has 1 aromatic rings. The van der Waals surface area contributed by atoms with Crippen molar-refractivity contribution in [2.75, 3.05) is 6.54 Å². The fourth-order valence-electron chi connectivity index (χ4n) is 1.62. The fourth-order valence-corrected chi connectivity index (χ4v) is 1.76. The topological polar surface area (TPSA) is 46.3 Å². The molecule has 2 N–H and O–H groups in total. The van der Waals surface area contributed by atoms with Crippen molar-refractivity contribution in [1.29, 1.82) is 0 Å². The third kappa shape index (κ3) is 3.53. The molecule has 0 aromatic heterocycles. The molecule has 1 amide bonds. The van der Waals surface area contributed by atoms with Crippen LogP contribution >= 0.6 is 12.2 Å². The number of rotatable bonds is 4. The van der Waals surface area contributed by atoms with Crippen molar-refractivity contribution in [2.45, 2.75) is 26.8 Å². The predicted octanol–water partition coefficient (Wildman–Crippen LogP) is 2.13. The maximum absolute atomic E-state index is 12.4. The first kappa shape index (κ1) is 13.6. The van der Waals surface area contributed by atoms with E-state index in [-0.39, 0.29) is 11.9 Å². The monoisotopic (exact) mass is 250 g/mol. The molecule has 3 nitrogen and oxygen atoms in total. The van der Waals surface area contributed by atoms with Gasteiger partial charge >= 0.3 is 0 Å². The summed E-state index contributed by atoms with van der Waals surface area (Å²) in [6.45, 7) is 6.15. The maximum atomic E-state index is 12.4. The van der Waals surface area contributed by atoms with Crippen molar-refractivity contribution in [3.63, 3.8) is 0 Å². The van der Waals surface area contributed by atoms with E-state index >= 15 is 0 Å². The van der Waals surface area contributed by atoms with Crippen molar-refractivity contribution in [3.8, 4) is 0 Å². The Hall–Kier alpha value is -1.42. The van der Waals surface area contributed by atoms with E-state index in [2.05, 4.69) is 0 Å². The molecule has 0 radical (unpaired) electrons. The summed E-state index contributed by atoms with van der Waals surface area (Å²) in [7, 11) is 0. The van der Waals surface area contributed by atoms with E-state index in [9.17, 15) is 4.79 Å². The molecule has 0 fully saturated rings. The van der Waals surface area contributed by atoms with Crippen molar-refractivity contribution >= 4 is 23.1 Å². The Bertz CT molecular complexity index is 429. The second-order valence-electron chi connectivity index (χ2n) is 4.31. The second-order valence-corrected chi connectivity index (χ2v) is 4.83. The van der Waals surface area contributed by atoms with Crippen LogP contribution in [0.25, 0.3) is 0 Å². The Labute approximate surface area is 108 Å². The summed E-state index contributed by atoms with van der Waals surface area (Å²) in [5.41, 5.74) is 7.19. The fraction of sp³-hybridized carbons (Fsp3) is 0.385.